The molecule has 0 fully saturated rings. The molecule has 28 heavy (non-hydrogen) atoms. The molecule has 0 radical (unpaired) electrons. The van der Waals surface area contributed by atoms with Gasteiger partial charge in [-0.3, -0.25) is 4.79 Å². The minimum Gasteiger partial charge on any atom is -0.361 e. The quantitative estimate of drug-likeness (QED) is 0.550. The average Bonchev–Trinajstić information content (AvgIpc) is 3.10. The Hall–Kier alpha value is -3.28. The predicted molar refractivity (Wildman–Crippen MR) is 109 cm³/mol. The maximum Gasteiger partial charge on any atom is 0.312 e. The van der Waals surface area contributed by atoms with E-state index in [1.54, 1.807) is 0 Å². The van der Waals surface area contributed by atoms with Crippen LogP contribution in [0.15, 0.2) is 54.7 Å². The van der Waals surface area contributed by atoms with Gasteiger partial charge in [-0.15, -0.1) is 0 Å². The fourth-order valence-corrected chi connectivity index (χ4v) is 4.08. The number of primary amides is 1. The highest BCUT2D eigenvalue weighted by atomic mass is 16.2. The fraction of sp³-hybridized carbons (Fsp3) is 0.273. The molecule has 0 bridgehead atoms. The van der Waals surface area contributed by atoms with E-state index in [9.17, 15) is 9.59 Å². The summed E-state index contributed by atoms with van der Waals surface area (Å²) in [5.74, 6) is -0.217. The summed E-state index contributed by atoms with van der Waals surface area (Å²) in [5.41, 5.74) is 9.74. The van der Waals surface area contributed by atoms with Gasteiger partial charge in [0.15, 0.2) is 0 Å². The molecule has 1 aliphatic rings. The van der Waals surface area contributed by atoms with E-state index in [0.717, 1.165) is 41.3 Å². The highest BCUT2D eigenvalue weighted by Crippen LogP contribution is 2.29. The van der Waals surface area contributed by atoms with Crippen LogP contribution in [-0.2, 0) is 17.6 Å². The topological polar surface area (TPSA) is 100 Å². The van der Waals surface area contributed by atoms with E-state index in [1.165, 1.54) is 5.56 Å². The molecule has 4 rings (SSSR count). The lowest BCUT2D eigenvalue weighted by molar-refractivity contribution is -0.123. The van der Waals surface area contributed by atoms with Crippen LogP contribution in [0.5, 0.6) is 0 Å². The van der Waals surface area contributed by atoms with Crippen molar-refractivity contribution in [1.82, 2.24) is 15.6 Å². The second kappa shape index (κ2) is 7.76. The first-order valence-electron chi connectivity index (χ1n) is 9.61. The normalized spacial score (nSPS) is 16.9. The van der Waals surface area contributed by atoms with Gasteiger partial charge in [-0.1, -0.05) is 42.5 Å². The van der Waals surface area contributed by atoms with Crippen LogP contribution in [0.25, 0.3) is 10.9 Å². The molecular weight excluding hydrogens is 352 g/mol. The lowest BCUT2D eigenvalue weighted by Gasteiger charge is -2.28. The molecule has 1 aromatic heterocycles. The van der Waals surface area contributed by atoms with Gasteiger partial charge in [-0.05, 0) is 42.0 Å². The zero-order chi connectivity index (χ0) is 19.5. The van der Waals surface area contributed by atoms with Gasteiger partial charge in [0, 0.05) is 23.5 Å². The van der Waals surface area contributed by atoms with Gasteiger partial charge in [-0.2, -0.15) is 0 Å². The van der Waals surface area contributed by atoms with Crippen LogP contribution in [0, 0.1) is 0 Å². The van der Waals surface area contributed by atoms with E-state index in [2.05, 4.69) is 27.8 Å². The number of carbonyl (C=O) groups excluding carboxylic acids is 2. The Morgan fingerprint density at radius 1 is 1.14 bits per heavy atom. The molecule has 6 heteroatoms. The smallest absolute Gasteiger partial charge is 0.312 e. The Balaban J connectivity index is 1.54. The number of aryl methyl sites for hydroxylation is 1. The molecule has 0 aliphatic heterocycles. The zero-order valence-electron chi connectivity index (χ0n) is 15.6. The lowest BCUT2D eigenvalue weighted by Crippen LogP contribution is -2.50. The number of benzene rings is 2. The Kier molecular flexibility index (Phi) is 5.02. The average molecular weight is 376 g/mol. The van der Waals surface area contributed by atoms with E-state index in [0.29, 0.717) is 6.42 Å². The van der Waals surface area contributed by atoms with Gasteiger partial charge in [0.05, 0.1) is 6.04 Å². The van der Waals surface area contributed by atoms with Gasteiger partial charge >= 0.3 is 6.03 Å². The molecule has 0 saturated heterocycles. The van der Waals surface area contributed by atoms with Crippen LogP contribution in [0.4, 0.5) is 4.79 Å². The number of rotatable bonds is 5. The summed E-state index contributed by atoms with van der Waals surface area (Å²) < 4.78 is 0. The number of aromatic nitrogens is 1. The number of nitrogens with two attached hydrogens (primary N) is 1. The van der Waals surface area contributed by atoms with Crippen molar-refractivity contribution < 1.29 is 9.59 Å². The second-order valence-corrected chi connectivity index (χ2v) is 7.28. The van der Waals surface area contributed by atoms with Crippen molar-refractivity contribution in [2.75, 3.05) is 0 Å². The lowest BCUT2D eigenvalue weighted by atomic mass is 9.87. The Bertz CT molecular complexity index is 1010. The molecule has 3 amide bonds. The molecule has 0 unspecified atom stereocenters. The Morgan fingerprint density at radius 2 is 1.93 bits per heavy atom. The maximum atomic E-state index is 13.0. The number of urea groups is 1. The van der Waals surface area contributed by atoms with Gasteiger partial charge in [0.2, 0.25) is 5.91 Å². The van der Waals surface area contributed by atoms with Crippen LogP contribution in [0.1, 0.15) is 35.6 Å². The number of carbonyl (C=O) groups is 2. The Labute approximate surface area is 163 Å². The highest BCUT2D eigenvalue weighted by Gasteiger charge is 2.27. The summed E-state index contributed by atoms with van der Waals surface area (Å²) in [6.45, 7) is 0. The summed E-state index contributed by atoms with van der Waals surface area (Å²) in [7, 11) is 0. The summed E-state index contributed by atoms with van der Waals surface area (Å²) in [6.07, 6.45) is 5.19. The van der Waals surface area contributed by atoms with Crippen LogP contribution in [0.2, 0.25) is 0 Å². The van der Waals surface area contributed by atoms with Crippen LogP contribution in [0.3, 0.4) is 0 Å². The number of nitrogens with one attached hydrogen (secondary N) is 3. The van der Waals surface area contributed by atoms with Gasteiger partial charge in [0.25, 0.3) is 0 Å². The van der Waals surface area contributed by atoms with Crippen molar-refractivity contribution in [3.8, 4) is 0 Å². The van der Waals surface area contributed by atoms with Crippen LogP contribution in [-0.4, -0.2) is 23.0 Å². The fourth-order valence-electron chi connectivity index (χ4n) is 4.08. The van der Waals surface area contributed by atoms with Crippen LogP contribution < -0.4 is 16.4 Å². The molecule has 2 aromatic carbocycles. The first kappa shape index (κ1) is 18.1. The first-order chi connectivity index (χ1) is 13.6. The third-order valence-electron chi connectivity index (χ3n) is 5.42. The van der Waals surface area contributed by atoms with Gasteiger partial charge < -0.3 is 21.4 Å². The van der Waals surface area contributed by atoms with E-state index >= 15 is 0 Å². The number of H-pyrrole nitrogens is 1. The monoisotopic (exact) mass is 376 g/mol. The number of hydrogen-bond donors (Lipinski definition) is 4. The third-order valence-corrected chi connectivity index (χ3v) is 5.42. The van der Waals surface area contributed by atoms with E-state index in [-0.39, 0.29) is 11.9 Å². The largest absolute Gasteiger partial charge is 0.361 e. The molecule has 2 atom stereocenters. The molecule has 3 aromatic rings. The minimum absolute atomic E-state index is 0.0439. The van der Waals surface area contributed by atoms with Crippen molar-refractivity contribution in [2.24, 2.45) is 5.73 Å². The molecular formula is C22H24N4O2. The standard InChI is InChI=1S/C22H24N4O2/c23-22(28)26-20(12-15-13-24-18-10-4-3-9-17(15)18)21(27)25-19-11-5-7-14-6-1-2-8-16(14)19/h1-4,6,8-10,13,19-20,24H,5,7,11-12H2,(H,25,27)(H3,23,26,28)/t19-,20-/m0/s1. The van der Waals surface area contributed by atoms with E-state index < -0.39 is 12.1 Å². The van der Waals surface area contributed by atoms with Crippen LogP contribution >= 0.6 is 0 Å². The molecule has 6 nitrogen and oxygen atoms in total. The van der Waals surface area contributed by atoms with Crippen molar-refractivity contribution in [2.45, 2.75) is 37.8 Å². The van der Waals surface area contributed by atoms with Gasteiger partial charge in [-0.25, -0.2) is 4.79 Å². The number of para-hydroxylation sites is 1. The summed E-state index contributed by atoms with van der Waals surface area (Å²) in [4.78, 5) is 27.8. The van der Waals surface area contributed by atoms with Crippen molar-refractivity contribution in [3.63, 3.8) is 0 Å². The molecule has 144 valence electrons. The predicted octanol–water partition coefficient (Wildman–Crippen LogP) is 2.94. The van der Waals surface area contributed by atoms with Crippen molar-refractivity contribution >= 4 is 22.8 Å². The number of amides is 3. The van der Waals surface area contributed by atoms with E-state index in [4.69, 9.17) is 5.73 Å². The second-order valence-electron chi connectivity index (χ2n) is 7.28. The molecule has 0 spiro atoms. The highest BCUT2D eigenvalue weighted by molar-refractivity contribution is 5.89. The minimum atomic E-state index is -0.731. The van der Waals surface area contributed by atoms with E-state index in [1.807, 2.05) is 42.6 Å². The molecule has 5 N–H and O–H groups in total. The van der Waals surface area contributed by atoms with Crippen molar-refractivity contribution in [3.05, 3.63) is 71.4 Å². The molecule has 1 aliphatic carbocycles. The third kappa shape index (κ3) is 3.71. The molecule has 0 saturated carbocycles. The SMILES string of the molecule is NC(=O)N[C@@H](Cc1c[nH]c2ccccc12)C(=O)N[C@H]1CCCc2ccccc21. The number of aromatic amines is 1. The number of fused-ring (bicyclic) bond motifs is 2. The van der Waals surface area contributed by atoms with Crippen molar-refractivity contribution in [1.29, 1.82) is 0 Å². The Morgan fingerprint density at radius 3 is 2.79 bits per heavy atom. The zero-order valence-corrected chi connectivity index (χ0v) is 15.6. The maximum absolute atomic E-state index is 13.0. The summed E-state index contributed by atoms with van der Waals surface area (Å²) >= 11 is 0. The summed E-state index contributed by atoms with van der Waals surface area (Å²) in [6, 6.07) is 14.6. The summed E-state index contributed by atoms with van der Waals surface area (Å²) in [5, 5.41) is 6.77. The first-order valence-corrected chi connectivity index (χ1v) is 9.61. The number of hydrogen-bond acceptors (Lipinski definition) is 2. The molecule has 1 heterocycles. The van der Waals surface area contributed by atoms with Gasteiger partial charge in [0.1, 0.15) is 6.04 Å².